The van der Waals surface area contributed by atoms with Crippen LogP contribution in [0.25, 0.3) is 0 Å². The quantitative estimate of drug-likeness (QED) is 0.0308. The highest BCUT2D eigenvalue weighted by Gasteiger charge is 2.28. The molecule has 0 aliphatic carbocycles. The van der Waals surface area contributed by atoms with Crippen molar-refractivity contribution in [2.45, 2.75) is 423 Å². The SMILES string of the molecule is CCCCCCCCCCCCCCCC/C=C\CCCCCCCCCCCCCCCCCCC(O)C(=O)NC(CO)C(O)C(O)CCCCCCCCCCCCCCCCCCCCCCCCCCCC. The summed E-state index contributed by atoms with van der Waals surface area (Å²) in [5.41, 5.74) is 0. The van der Waals surface area contributed by atoms with Gasteiger partial charge in [0.05, 0.1) is 18.8 Å². The maximum atomic E-state index is 12.7. The predicted octanol–water partition coefficient (Wildman–Crippen LogP) is 21.5. The summed E-state index contributed by atoms with van der Waals surface area (Å²) in [6, 6.07) is -0.984. The molecule has 0 aromatic carbocycles. The number of hydrogen-bond acceptors (Lipinski definition) is 5. The van der Waals surface area contributed by atoms with Crippen LogP contribution in [-0.2, 0) is 4.79 Å². The second-order valence-corrected chi connectivity index (χ2v) is 24.6. The lowest BCUT2D eigenvalue weighted by molar-refractivity contribution is -0.132. The summed E-state index contributed by atoms with van der Waals surface area (Å²) in [6.07, 6.45) is 80.5. The zero-order valence-corrected chi connectivity index (χ0v) is 51.8. The molecular weight excluding hydrogens is 935 g/mol. The molecule has 4 atom stereocenters. The number of rotatable bonds is 66. The number of hydrogen-bond donors (Lipinski definition) is 5. The molecule has 6 heteroatoms. The van der Waals surface area contributed by atoms with E-state index in [1.165, 1.54) is 334 Å². The van der Waals surface area contributed by atoms with E-state index in [2.05, 4.69) is 31.3 Å². The van der Waals surface area contributed by atoms with Gasteiger partial charge in [0.1, 0.15) is 12.2 Å². The topological polar surface area (TPSA) is 110 Å². The minimum absolute atomic E-state index is 0.374. The normalized spacial score (nSPS) is 13.5. The Labute approximate surface area is 476 Å². The van der Waals surface area contributed by atoms with E-state index in [-0.39, 0.29) is 0 Å². The molecule has 0 heterocycles. The molecule has 0 radical (unpaired) electrons. The lowest BCUT2D eigenvalue weighted by atomic mass is 9.99. The van der Waals surface area contributed by atoms with E-state index < -0.39 is 36.9 Å². The molecule has 0 rings (SSSR count). The lowest BCUT2D eigenvalue weighted by Crippen LogP contribution is -2.53. The average Bonchev–Trinajstić information content (AvgIpc) is 3.42. The highest BCUT2D eigenvalue weighted by atomic mass is 16.3. The van der Waals surface area contributed by atoms with Gasteiger partial charge in [-0.3, -0.25) is 4.79 Å². The molecule has 0 aliphatic heterocycles. The molecule has 76 heavy (non-hydrogen) atoms. The van der Waals surface area contributed by atoms with E-state index in [4.69, 9.17) is 0 Å². The van der Waals surface area contributed by atoms with Crippen molar-refractivity contribution >= 4 is 5.91 Å². The first kappa shape index (κ1) is 75.0. The van der Waals surface area contributed by atoms with Crippen LogP contribution in [-0.4, -0.2) is 57.3 Å². The van der Waals surface area contributed by atoms with Gasteiger partial charge in [0, 0.05) is 0 Å². The van der Waals surface area contributed by atoms with Gasteiger partial charge in [0.15, 0.2) is 0 Å². The van der Waals surface area contributed by atoms with Crippen LogP contribution in [0.5, 0.6) is 0 Å². The van der Waals surface area contributed by atoms with Crippen molar-refractivity contribution in [3.63, 3.8) is 0 Å². The Balaban J connectivity index is 3.52. The molecule has 5 N–H and O–H groups in total. The van der Waals surface area contributed by atoms with Gasteiger partial charge in [-0.2, -0.15) is 0 Å². The first-order chi connectivity index (χ1) is 37.5. The van der Waals surface area contributed by atoms with Crippen molar-refractivity contribution in [1.29, 1.82) is 0 Å². The zero-order chi connectivity index (χ0) is 55.1. The van der Waals surface area contributed by atoms with Crippen LogP contribution in [0.15, 0.2) is 12.2 Å². The number of nitrogens with one attached hydrogen (secondary N) is 1. The summed E-state index contributed by atoms with van der Waals surface area (Å²) < 4.78 is 0. The molecule has 0 bridgehead atoms. The summed E-state index contributed by atoms with van der Waals surface area (Å²) in [5, 5.41) is 44.3. The molecule has 0 aromatic heterocycles. The number of unbranched alkanes of at least 4 members (excludes halogenated alkanes) is 55. The Bertz CT molecular complexity index is 1120. The van der Waals surface area contributed by atoms with Crippen LogP contribution in [0.4, 0.5) is 0 Å². The van der Waals surface area contributed by atoms with E-state index in [9.17, 15) is 25.2 Å². The third kappa shape index (κ3) is 57.7. The van der Waals surface area contributed by atoms with Gasteiger partial charge >= 0.3 is 0 Å². The largest absolute Gasteiger partial charge is 0.394 e. The van der Waals surface area contributed by atoms with Crippen LogP contribution in [0.3, 0.4) is 0 Å². The fourth-order valence-electron chi connectivity index (χ4n) is 11.5. The molecule has 0 saturated heterocycles. The van der Waals surface area contributed by atoms with Crippen LogP contribution >= 0.6 is 0 Å². The standard InChI is InChI=1S/C70H139NO5/c1-3-5-7-9-11-13-15-17-19-21-23-25-27-29-31-32-33-34-35-36-37-38-40-42-44-46-48-50-52-54-56-58-60-62-64-68(74)70(76)71-66(65-72)69(75)67(73)63-61-59-57-55-53-51-49-47-45-43-41-39-30-28-26-24-22-20-18-16-14-12-10-8-6-4-2/h32-33,66-69,72-75H,3-31,34-65H2,1-2H3,(H,71,76)/b33-32-. The number of amides is 1. The van der Waals surface area contributed by atoms with Crippen molar-refractivity contribution < 1.29 is 25.2 Å². The van der Waals surface area contributed by atoms with Gasteiger partial charge in [-0.05, 0) is 38.5 Å². The maximum Gasteiger partial charge on any atom is 0.249 e. The Hall–Kier alpha value is -0.950. The zero-order valence-electron chi connectivity index (χ0n) is 51.8. The van der Waals surface area contributed by atoms with Crippen molar-refractivity contribution in [2.75, 3.05) is 6.61 Å². The number of aliphatic hydroxyl groups is 4. The highest BCUT2D eigenvalue weighted by molar-refractivity contribution is 5.80. The van der Waals surface area contributed by atoms with E-state index in [0.29, 0.717) is 12.8 Å². The Morgan fingerprint density at radius 2 is 0.526 bits per heavy atom. The molecule has 0 aromatic rings. The monoisotopic (exact) mass is 1070 g/mol. The van der Waals surface area contributed by atoms with Crippen LogP contribution in [0.1, 0.15) is 399 Å². The molecule has 0 aliphatic rings. The summed E-state index contributed by atoms with van der Waals surface area (Å²) in [7, 11) is 0. The van der Waals surface area contributed by atoms with E-state index in [0.717, 1.165) is 38.5 Å². The molecular formula is C70H139NO5. The smallest absolute Gasteiger partial charge is 0.249 e. The summed E-state index contributed by atoms with van der Waals surface area (Å²) in [6.45, 7) is 4.12. The molecule has 6 nitrogen and oxygen atoms in total. The van der Waals surface area contributed by atoms with E-state index in [1.54, 1.807) is 0 Å². The minimum Gasteiger partial charge on any atom is -0.394 e. The fourth-order valence-corrected chi connectivity index (χ4v) is 11.5. The number of carbonyl (C=O) groups excluding carboxylic acids is 1. The summed E-state index contributed by atoms with van der Waals surface area (Å²) >= 11 is 0. The Morgan fingerprint density at radius 1 is 0.316 bits per heavy atom. The molecule has 0 spiro atoms. The third-order valence-corrected chi connectivity index (χ3v) is 17.0. The van der Waals surface area contributed by atoms with Crippen LogP contribution in [0, 0.1) is 0 Å². The van der Waals surface area contributed by atoms with Crippen LogP contribution < -0.4 is 5.32 Å². The van der Waals surface area contributed by atoms with Crippen molar-refractivity contribution in [2.24, 2.45) is 0 Å². The molecule has 0 saturated carbocycles. The van der Waals surface area contributed by atoms with Crippen molar-refractivity contribution in [3.05, 3.63) is 12.2 Å². The second kappa shape index (κ2) is 64.9. The fraction of sp³-hybridized carbons (Fsp3) is 0.957. The number of allylic oxidation sites excluding steroid dienone is 2. The second-order valence-electron chi connectivity index (χ2n) is 24.6. The summed E-state index contributed by atoms with van der Waals surface area (Å²) in [5.74, 6) is -0.575. The summed E-state index contributed by atoms with van der Waals surface area (Å²) in [4.78, 5) is 12.7. The van der Waals surface area contributed by atoms with Gasteiger partial charge in [0.2, 0.25) is 5.91 Å². The van der Waals surface area contributed by atoms with Crippen LogP contribution in [0.2, 0.25) is 0 Å². The van der Waals surface area contributed by atoms with Gasteiger partial charge in [-0.15, -0.1) is 0 Å². The molecule has 0 fully saturated rings. The van der Waals surface area contributed by atoms with Gasteiger partial charge < -0.3 is 25.7 Å². The predicted molar refractivity (Wildman–Crippen MR) is 335 cm³/mol. The highest BCUT2D eigenvalue weighted by Crippen LogP contribution is 2.20. The lowest BCUT2D eigenvalue weighted by Gasteiger charge is -2.27. The third-order valence-electron chi connectivity index (χ3n) is 17.0. The average molecular weight is 1070 g/mol. The molecule has 4 unspecified atom stereocenters. The first-order valence-electron chi connectivity index (χ1n) is 35.1. The Kier molecular flexibility index (Phi) is 64.1. The molecule has 454 valence electrons. The Morgan fingerprint density at radius 3 is 0.763 bits per heavy atom. The number of aliphatic hydroxyl groups excluding tert-OH is 4. The van der Waals surface area contributed by atoms with Gasteiger partial charge in [-0.25, -0.2) is 0 Å². The first-order valence-corrected chi connectivity index (χ1v) is 35.1. The van der Waals surface area contributed by atoms with Gasteiger partial charge in [-0.1, -0.05) is 373 Å². The van der Waals surface area contributed by atoms with Gasteiger partial charge in [0.25, 0.3) is 0 Å². The number of carbonyl (C=O) groups is 1. The van der Waals surface area contributed by atoms with Crippen molar-refractivity contribution in [1.82, 2.24) is 5.32 Å². The van der Waals surface area contributed by atoms with Crippen molar-refractivity contribution in [3.8, 4) is 0 Å². The minimum atomic E-state index is -1.26. The maximum absolute atomic E-state index is 12.7. The van der Waals surface area contributed by atoms with E-state index in [1.807, 2.05) is 0 Å². The van der Waals surface area contributed by atoms with E-state index >= 15 is 0 Å². The molecule has 1 amide bonds.